The Kier molecular flexibility index (Phi) is 6.52. The summed E-state index contributed by atoms with van der Waals surface area (Å²) in [4.78, 5) is 26.3. The molecule has 0 bridgehead atoms. The SMILES string of the molecule is CCCNC(=O)CCNCc1ncccc1C(=O)O. The van der Waals surface area contributed by atoms with Crippen LogP contribution in [0.3, 0.4) is 0 Å². The van der Waals surface area contributed by atoms with Gasteiger partial charge in [-0.05, 0) is 18.6 Å². The monoisotopic (exact) mass is 265 g/mol. The number of carboxylic acids is 1. The zero-order chi connectivity index (χ0) is 14.1. The highest BCUT2D eigenvalue weighted by atomic mass is 16.4. The average molecular weight is 265 g/mol. The van der Waals surface area contributed by atoms with Crippen molar-refractivity contribution in [2.24, 2.45) is 0 Å². The molecule has 6 nitrogen and oxygen atoms in total. The highest BCUT2D eigenvalue weighted by molar-refractivity contribution is 5.88. The summed E-state index contributed by atoms with van der Waals surface area (Å²) in [7, 11) is 0. The predicted octanol–water partition coefficient (Wildman–Crippen LogP) is 0.786. The summed E-state index contributed by atoms with van der Waals surface area (Å²) in [5.74, 6) is -1.00. The van der Waals surface area contributed by atoms with Crippen molar-refractivity contribution in [3.8, 4) is 0 Å². The van der Waals surface area contributed by atoms with E-state index in [4.69, 9.17) is 5.11 Å². The summed E-state index contributed by atoms with van der Waals surface area (Å²) < 4.78 is 0. The van der Waals surface area contributed by atoms with Crippen LogP contribution in [0, 0.1) is 0 Å². The Morgan fingerprint density at radius 2 is 2.16 bits per heavy atom. The molecule has 3 N–H and O–H groups in total. The molecular formula is C13H19N3O3. The molecule has 104 valence electrons. The Morgan fingerprint density at radius 3 is 2.84 bits per heavy atom. The van der Waals surface area contributed by atoms with Gasteiger partial charge < -0.3 is 15.7 Å². The van der Waals surface area contributed by atoms with E-state index >= 15 is 0 Å². The molecule has 1 aromatic heterocycles. The summed E-state index contributed by atoms with van der Waals surface area (Å²) in [6.45, 7) is 3.50. The van der Waals surface area contributed by atoms with E-state index < -0.39 is 5.97 Å². The summed E-state index contributed by atoms with van der Waals surface area (Å²) in [6.07, 6.45) is 2.84. The zero-order valence-corrected chi connectivity index (χ0v) is 11.0. The number of carboxylic acid groups (broad SMARTS) is 1. The molecule has 1 amide bonds. The second-order valence-corrected chi connectivity index (χ2v) is 4.08. The third-order valence-electron chi connectivity index (χ3n) is 2.51. The third kappa shape index (κ3) is 5.48. The normalized spacial score (nSPS) is 10.2. The van der Waals surface area contributed by atoms with Crippen molar-refractivity contribution in [1.82, 2.24) is 15.6 Å². The quantitative estimate of drug-likeness (QED) is 0.604. The molecule has 0 aliphatic carbocycles. The number of hydrogen-bond acceptors (Lipinski definition) is 4. The number of pyridine rings is 1. The van der Waals surface area contributed by atoms with E-state index in [9.17, 15) is 9.59 Å². The van der Waals surface area contributed by atoms with Gasteiger partial charge in [0.05, 0.1) is 11.3 Å². The number of aromatic carboxylic acids is 1. The Bertz CT molecular complexity index is 435. The first-order valence-corrected chi connectivity index (χ1v) is 6.29. The van der Waals surface area contributed by atoms with Crippen LogP contribution in [0.5, 0.6) is 0 Å². The van der Waals surface area contributed by atoms with Crippen molar-refractivity contribution in [2.45, 2.75) is 26.3 Å². The highest BCUT2D eigenvalue weighted by Crippen LogP contribution is 2.04. The van der Waals surface area contributed by atoms with Crippen LogP contribution in [0.2, 0.25) is 0 Å². The molecular weight excluding hydrogens is 246 g/mol. The number of aromatic nitrogens is 1. The van der Waals surface area contributed by atoms with Gasteiger partial charge in [0.15, 0.2) is 0 Å². The number of hydrogen-bond donors (Lipinski definition) is 3. The van der Waals surface area contributed by atoms with E-state index in [1.165, 1.54) is 6.07 Å². The van der Waals surface area contributed by atoms with Gasteiger partial charge in [-0.3, -0.25) is 9.78 Å². The summed E-state index contributed by atoms with van der Waals surface area (Å²) in [5, 5.41) is 14.8. The topological polar surface area (TPSA) is 91.3 Å². The van der Waals surface area contributed by atoms with Gasteiger partial charge in [-0.2, -0.15) is 0 Å². The fraction of sp³-hybridized carbons (Fsp3) is 0.462. The zero-order valence-electron chi connectivity index (χ0n) is 11.0. The van der Waals surface area contributed by atoms with Crippen LogP contribution in [0.4, 0.5) is 0 Å². The van der Waals surface area contributed by atoms with Crippen LogP contribution in [0.1, 0.15) is 35.8 Å². The Labute approximate surface area is 112 Å². The minimum absolute atomic E-state index is 0.00571. The van der Waals surface area contributed by atoms with Gasteiger partial charge in [0.2, 0.25) is 5.91 Å². The molecule has 0 unspecified atom stereocenters. The maximum absolute atomic E-state index is 11.3. The molecule has 0 radical (unpaired) electrons. The van der Waals surface area contributed by atoms with Crippen molar-refractivity contribution in [3.05, 3.63) is 29.6 Å². The van der Waals surface area contributed by atoms with Crippen LogP contribution in [-0.4, -0.2) is 35.1 Å². The molecule has 1 heterocycles. The third-order valence-corrected chi connectivity index (χ3v) is 2.51. The lowest BCUT2D eigenvalue weighted by molar-refractivity contribution is -0.121. The number of amides is 1. The molecule has 0 atom stereocenters. The summed E-state index contributed by atoms with van der Waals surface area (Å²) >= 11 is 0. The number of nitrogens with one attached hydrogen (secondary N) is 2. The average Bonchev–Trinajstić information content (AvgIpc) is 2.41. The van der Waals surface area contributed by atoms with Crippen LogP contribution in [-0.2, 0) is 11.3 Å². The number of carbonyl (C=O) groups excluding carboxylic acids is 1. The van der Waals surface area contributed by atoms with Gasteiger partial charge in [0, 0.05) is 32.3 Å². The summed E-state index contributed by atoms with van der Waals surface area (Å²) in [6, 6.07) is 3.10. The molecule has 0 fully saturated rings. The van der Waals surface area contributed by atoms with E-state index in [0.29, 0.717) is 31.7 Å². The standard InChI is InChI=1S/C13H19N3O3/c1-2-6-16-12(17)5-8-14-9-11-10(13(18)19)4-3-7-15-11/h3-4,7,14H,2,5-6,8-9H2,1H3,(H,16,17)(H,18,19). The fourth-order valence-corrected chi connectivity index (χ4v) is 1.54. The molecule has 0 aliphatic heterocycles. The molecule has 0 saturated heterocycles. The first-order chi connectivity index (χ1) is 9.15. The molecule has 6 heteroatoms. The molecule has 0 aliphatic rings. The molecule has 0 saturated carbocycles. The minimum Gasteiger partial charge on any atom is -0.478 e. The molecule has 0 aromatic carbocycles. The lowest BCUT2D eigenvalue weighted by atomic mass is 10.2. The van der Waals surface area contributed by atoms with Gasteiger partial charge in [-0.1, -0.05) is 6.92 Å². The lowest BCUT2D eigenvalue weighted by Gasteiger charge is -2.07. The van der Waals surface area contributed by atoms with Gasteiger partial charge >= 0.3 is 5.97 Å². The van der Waals surface area contributed by atoms with Crippen LogP contribution in [0.15, 0.2) is 18.3 Å². The van der Waals surface area contributed by atoms with Gasteiger partial charge in [-0.15, -0.1) is 0 Å². The first-order valence-electron chi connectivity index (χ1n) is 6.29. The first kappa shape index (κ1) is 15.1. The Balaban J connectivity index is 2.33. The number of rotatable bonds is 8. The largest absolute Gasteiger partial charge is 0.478 e. The van der Waals surface area contributed by atoms with Crippen LogP contribution in [0.25, 0.3) is 0 Å². The fourth-order valence-electron chi connectivity index (χ4n) is 1.54. The van der Waals surface area contributed by atoms with E-state index in [1.54, 1.807) is 12.3 Å². The van der Waals surface area contributed by atoms with Crippen molar-refractivity contribution in [2.75, 3.05) is 13.1 Å². The van der Waals surface area contributed by atoms with E-state index in [0.717, 1.165) is 6.42 Å². The molecule has 19 heavy (non-hydrogen) atoms. The maximum Gasteiger partial charge on any atom is 0.337 e. The Hall–Kier alpha value is -1.95. The minimum atomic E-state index is -0.995. The molecule has 1 aromatic rings. The molecule has 1 rings (SSSR count). The van der Waals surface area contributed by atoms with Crippen LogP contribution < -0.4 is 10.6 Å². The van der Waals surface area contributed by atoms with E-state index in [2.05, 4.69) is 15.6 Å². The van der Waals surface area contributed by atoms with Gasteiger partial charge in [0.1, 0.15) is 0 Å². The summed E-state index contributed by atoms with van der Waals surface area (Å²) in [5.41, 5.74) is 0.661. The van der Waals surface area contributed by atoms with Crippen molar-refractivity contribution in [1.29, 1.82) is 0 Å². The van der Waals surface area contributed by atoms with E-state index in [-0.39, 0.29) is 11.5 Å². The van der Waals surface area contributed by atoms with Crippen molar-refractivity contribution < 1.29 is 14.7 Å². The highest BCUT2D eigenvalue weighted by Gasteiger charge is 2.09. The number of nitrogens with zero attached hydrogens (tertiary/aromatic N) is 1. The van der Waals surface area contributed by atoms with Crippen molar-refractivity contribution >= 4 is 11.9 Å². The van der Waals surface area contributed by atoms with Crippen molar-refractivity contribution in [3.63, 3.8) is 0 Å². The smallest absolute Gasteiger partial charge is 0.337 e. The molecule has 0 spiro atoms. The number of carbonyl (C=O) groups is 2. The lowest BCUT2D eigenvalue weighted by Crippen LogP contribution is -2.28. The Morgan fingerprint density at radius 1 is 1.37 bits per heavy atom. The predicted molar refractivity (Wildman–Crippen MR) is 70.8 cm³/mol. The van der Waals surface area contributed by atoms with Gasteiger partial charge in [-0.25, -0.2) is 4.79 Å². The second-order valence-electron chi connectivity index (χ2n) is 4.08. The van der Waals surface area contributed by atoms with Crippen LogP contribution >= 0.6 is 0 Å². The maximum atomic E-state index is 11.3. The van der Waals surface area contributed by atoms with E-state index in [1.807, 2.05) is 6.92 Å². The second kappa shape index (κ2) is 8.20. The van der Waals surface area contributed by atoms with Gasteiger partial charge in [0.25, 0.3) is 0 Å².